The molecule has 1 aromatic carbocycles. The summed E-state index contributed by atoms with van der Waals surface area (Å²) in [7, 11) is 0. The maximum Gasteiger partial charge on any atom is 0.251 e. The predicted octanol–water partition coefficient (Wildman–Crippen LogP) is 1.84. The Morgan fingerprint density at radius 1 is 1.38 bits per heavy atom. The third-order valence-corrected chi connectivity index (χ3v) is 2.90. The van der Waals surface area contributed by atoms with Crippen LogP contribution in [0, 0.1) is 5.92 Å². The zero-order chi connectivity index (χ0) is 11.2. The molecule has 3 heteroatoms. The summed E-state index contributed by atoms with van der Waals surface area (Å²) in [4.78, 5) is 11.7. The van der Waals surface area contributed by atoms with Gasteiger partial charge in [0.15, 0.2) is 0 Å². The van der Waals surface area contributed by atoms with Crippen LogP contribution in [0.25, 0.3) is 0 Å². The fourth-order valence-electron chi connectivity index (χ4n) is 1.89. The molecule has 0 radical (unpaired) electrons. The van der Waals surface area contributed by atoms with Crippen LogP contribution in [0.5, 0.6) is 0 Å². The Hall–Kier alpha value is -1.35. The summed E-state index contributed by atoms with van der Waals surface area (Å²) in [5.74, 6) is 0.635. The van der Waals surface area contributed by atoms with E-state index in [-0.39, 0.29) is 5.91 Å². The van der Waals surface area contributed by atoms with E-state index in [4.69, 9.17) is 4.74 Å². The van der Waals surface area contributed by atoms with Crippen LogP contribution in [0.15, 0.2) is 30.3 Å². The third kappa shape index (κ3) is 3.07. The zero-order valence-electron chi connectivity index (χ0n) is 9.32. The molecule has 1 fully saturated rings. The van der Waals surface area contributed by atoms with Crippen LogP contribution in [0.4, 0.5) is 0 Å². The third-order valence-electron chi connectivity index (χ3n) is 2.90. The summed E-state index contributed by atoms with van der Waals surface area (Å²) < 4.78 is 5.29. The highest BCUT2D eigenvalue weighted by atomic mass is 16.5. The van der Waals surface area contributed by atoms with E-state index in [1.807, 2.05) is 30.3 Å². The molecule has 1 aliphatic rings. The van der Waals surface area contributed by atoms with E-state index >= 15 is 0 Å². The van der Waals surface area contributed by atoms with Gasteiger partial charge in [-0.15, -0.1) is 0 Å². The maximum atomic E-state index is 11.7. The molecule has 3 nitrogen and oxygen atoms in total. The van der Waals surface area contributed by atoms with Gasteiger partial charge >= 0.3 is 0 Å². The average Bonchev–Trinajstić information content (AvgIpc) is 2.83. The molecule has 1 heterocycles. The molecule has 86 valence electrons. The summed E-state index contributed by atoms with van der Waals surface area (Å²) >= 11 is 0. The molecule has 1 unspecified atom stereocenters. The molecule has 1 atom stereocenters. The van der Waals surface area contributed by atoms with E-state index < -0.39 is 0 Å². The van der Waals surface area contributed by atoms with Crippen molar-refractivity contribution in [2.75, 3.05) is 19.8 Å². The van der Waals surface area contributed by atoms with Crippen molar-refractivity contribution in [1.29, 1.82) is 0 Å². The van der Waals surface area contributed by atoms with Gasteiger partial charge in [-0.2, -0.15) is 0 Å². The van der Waals surface area contributed by atoms with Crippen LogP contribution in [0.3, 0.4) is 0 Å². The lowest BCUT2D eigenvalue weighted by Crippen LogP contribution is -2.25. The zero-order valence-corrected chi connectivity index (χ0v) is 9.32. The van der Waals surface area contributed by atoms with Gasteiger partial charge in [-0.25, -0.2) is 0 Å². The van der Waals surface area contributed by atoms with Crippen molar-refractivity contribution in [3.63, 3.8) is 0 Å². The topological polar surface area (TPSA) is 38.3 Å². The van der Waals surface area contributed by atoms with Gasteiger partial charge in [-0.05, 0) is 30.9 Å². The first-order valence-corrected chi connectivity index (χ1v) is 5.77. The van der Waals surface area contributed by atoms with Crippen molar-refractivity contribution in [3.05, 3.63) is 35.9 Å². The van der Waals surface area contributed by atoms with Crippen molar-refractivity contribution >= 4 is 5.91 Å². The number of carbonyl (C=O) groups is 1. The molecule has 1 saturated heterocycles. The fourth-order valence-corrected chi connectivity index (χ4v) is 1.89. The van der Waals surface area contributed by atoms with E-state index in [9.17, 15) is 4.79 Å². The van der Waals surface area contributed by atoms with Gasteiger partial charge in [0.05, 0.1) is 0 Å². The quantitative estimate of drug-likeness (QED) is 0.839. The Labute approximate surface area is 95.8 Å². The van der Waals surface area contributed by atoms with Gasteiger partial charge in [-0.1, -0.05) is 18.2 Å². The highest BCUT2D eigenvalue weighted by molar-refractivity contribution is 5.94. The molecule has 0 aromatic heterocycles. The average molecular weight is 219 g/mol. The van der Waals surface area contributed by atoms with Gasteiger partial charge < -0.3 is 10.1 Å². The first-order chi connectivity index (χ1) is 7.86. The van der Waals surface area contributed by atoms with Crippen LogP contribution in [0.1, 0.15) is 23.2 Å². The van der Waals surface area contributed by atoms with Crippen molar-refractivity contribution < 1.29 is 9.53 Å². The molecule has 0 bridgehead atoms. The summed E-state index contributed by atoms with van der Waals surface area (Å²) in [6.45, 7) is 2.46. The molecular weight excluding hydrogens is 202 g/mol. The SMILES string of the molecule is O=C(NCCC1CCOC1)c1ccccc1. The number of nitrogens with one attached hydrogen (secondary N) is 1. The van der Waals surface area contributed by atoms with Gasteiger partial charge in [-0.3, -0.25) is 4.79 Å². The van der Waals surface area contributed by atoms with E-state index in [0.717, 1.165) is 38.2 Å². The van der Waals surface area contributed by atoms with Crippen molar-refractivity contribution in [3.8, 4) is 0 Å². The Morgan fingerprint density at radius 2 is 2.19 bits per heavy atom. The Bertz CT molecular complexity index is 331. The second-order valence-corrected chi connectivity index (χ2v) is 4.14. The molecule has 1 aliphatic heterocycles. The van der Waals surface area contributed by atoms with Crippen LogP contribution in [0.2, 0.25) is 0 Å². The van der Waals surface area contributed by atoms with E-state index in [1.54, 1.807) is 0 Å². The molecule has 1 amide bonds. The van der Waals surface area contributed by atoms with Crippen LogP contribution in [-0.2, 0) is 4.74 Å². The number of amides is 1. The van der Waals surface area contributed by atoms with Gasteiger partial charge in [0, 0.05) is 25.3 Å². The van der Waals surface area contributed by atoms with Crippen molar-refractivity contribution in [2.45, 2.75) is 12.8 Å². The molecular formula is C13H17NO2. The normalized spacial score (nSPS) is 19.6. The highest BCUT2D eigenvalue weighted by Crippen LogP contribution is 2.15. The number of hydrogen-bond donors (Lipinski definition) is 1. The van der Waals surface area contributed by atoms with Crippen molar-refractivity contribution in [2.24, 2.45) is 5.92 Å². The number of carbonyl (C=O) groups excluding carboxylic acids is 1. The Kier molecular flexibility index (Phi) is 3.94. The minimum Gasteiger partial charge on any atom is -0.381 e. The van der Waals surface area contributed by atoms with Crippen LogP contribution >= 0.6 is 0 Å². The van der Waals surface area contributed by atoms with Gasteiger partial charge in [0.1, 0.15) is 0 Å². The number of ether oxygens (including phenoxy) is 1. The van der Waals surface area contributed by atoms with Crippen LogP contribution in [-0.4, -0.2) is 25.7 Å². The summed E-state index contributed by atoms with van der Waals surface area (Å²) in [5, 5.41) is 2.93. The van der Waals surface area contributed by atoms with E-state index in [1.165, 1.54) is 0 Å². The largest absolute Gasteiger partial charge is 0.381 e. The Morgan fingerprint density at radius 3 is 2.88 bits per heavy atom. The van der Waals surface area contributed by atoms with E-state index in [2.05, 4.69) is 5.32 Å². The Balaban J connectivity index is 1.71. The fraction of sp³-hybridized carbons (Fsp3) is 0.462. The van der Waals surface area contributed by atoms with Crippen LogP contribution < -0.4 is 5.32 Å². The number of benzene rings is 1. The van der Waals surface area contributed by atoms with Crippen molar-refractivity contribution in [1.82, 2.24) is 5.32 Å². The van der Waals surface area contributed by atoms with Gasteiger partial charge in [0.2, 0.25) is 0 Å². The summed E-state index contributed by atoms with van der Waals surface area (Å²) in [6.07, 6.45) is 2.14. The maximum absolute atomic E-state index is 11.7. The van der Waals surface area contributed by atoms with E-state index in [0.29, 0.717) is 5.92 Å². The molecule has 2 rings (SSSR count). The number of rotatable bonds is 4. The predicted molar refractivity (Wildman–Crippen MR) is 62.3 cm³/mol. The monoisotopic (exact) mass is 219 g/mol. The molecule has 0 saturated carbocycles. The minimum atomic E-state index is 0.0134. The smallest absolute Gasteiger partial charge is 0.251 e. The molecule has 0 spiro atoms. The molecule has 0 aliphatic carbocycles. The molecule has 1 N–H and O–H groups in total. The number of hydrogen-bond acceptors (Lipinski definition) is 2. The lowest BCUT2D eigenvalue weighted by atomic mass is 10.1. The first kappa shape index (κ1) is 11.1. The first-order valence-electron chi connectivity index (χ1n) is 5.77. The minimum absolute atomic E-state index is 0.0134. The second kappa shape index (κ2) is 5.66. The molecule has 1 aromatic rings. The summed E-state index contributed by atoms with van der Waals surface area (Å²) in [6, 6.07) is 9.31. The lowest BCUT2D eigenvalue weighted by molar-refractivity contribution is 0.0950. The highest BCUT2D eigenvalue weighted by Gasteiger charge is 2.15. The van der Waals surface area contributed by atoms with Gasteiger partial charge in [0.25, 0.3) is 5.91 Å². The summed E-state index contributed by atoms with van der Waals surface area (Å²) in [5.41, 5.74) is 0.727. The second-order valence-electron chi connectivity index (χ2n) is 4.14. The molecule has 16 heavy (non-hydrogen) atoms. The standard InChI is InChI=1S/C13H17NO2/c15-13(12-4-2-1-3-5-12)14-8-6-11-7-9-16-10-11/h1-5,11H,6-10H2,(H,14,15). The lowest BCUT2D eigenvalue weighted by Gasteiger charge is -2.08.